The summed E-state index contributed by atoms with van der Waals surface area (Å²) in [5.74, 6) is -0.00895. The van der Waals surface area contributed by atoms with Crippen LogP contribution in [0.1, 0.15) is 399 Å². The molecule has 0 radical (unpaired) electrons. The fraction of sp³-hybridized carbons (Fsp3) is 0.943. The van der Waals surface area contributed by atoms with Gasteiger partial charge in [0, 0.05) is 12.8 Å². The smallest absolute Gasteiger partial charge is 0.305 e. The van der Waals surface area contributed by atoms with Crippen LogP contribution in [0.2, 0.25) is 0 Å². The van der Waals surface area contributed by atoms with Crippen molar-refractivity contribution >= 4 is 11.9 Å². The molecule has 0 saturated heterocycles. The molecule has 6 nitrogen and oxygen atoms in total. The minimum atomic E-state index is -0.661. The van der Waals surface area contributed by atoms with Gasteiger partial charge in [0.2, 0.25) is 5.91 Å². The van der Waals surface area contributed by atoms with Crippen molar-refractivity contribution in [3.63, 3.8) is 0 Å². The summed E-state index contributed by atoms with van der Waals surface area (Å²) in [5, 5.41) is 23.3. The highest BCUT2D eigenvalue weighted by molar-refractivity contribution is 5.76. The van der Waals surface area contributed by atoms with Crippen LogP contribution in [0.4, 0.5) is 0 Å². The van der Waals surface area contributed by atoms with Crippen molar-refractivity contribution in [1.82, 2.24) is 5.32 Å². The van der Waals surface area contributed by atoms with E-state index in [1.165, 1.54) is 327 Å². The number of carbonyl (C=O) groups excluding carboxylic acids is 2. The standard InChI is InChI=1S/C70H137NO5/c1-3-5-7-9-11-13-15-17-39-42-46-50-54-58-62-68(73)67(66-72)71-69(74)63-59-55-51-47-43-40-36-34-32-30-28-26-24-22-20-18-19-21-23-25-27-29-31-33-35-37-41-45-49-53-57-61-65-76-70(75)64-60-56-52-48-44-38-16-14-12-10-8-6-4-2/h21,23,67-68,72-73H,3-20,22,24-66H2,1-2H3,(H,71,74)/b23-21-. The van der Waals surface area contributed by atoms with E-state index >= 15 is 0 Å². The number of rotatable bonds is 66. The summed E-state index contributed by atoms with van der Waals surface area (Å²) in [6.07, 6.45) is 81.2. The average Bonchev–Trinajstić information content (AvgIpc) is 3.42. The Balaban J connectivity index is 3.33. The zero-order chi connectivity index (χ0) is 55.0. The molecule has 0 aromatic rings. The van der Waals surface area contributed by atoms with Crippen molar-refractivity contribution in [2.45, 2.75) is 411 Å². The molecule has 0 aromatic carbocycles. The Hall–Kier alpha value is -1.40. The molecule has 452 valence electrons. The van der Waals surface area contributed by atoms with Crippen LogP contribution >= 0.6 is 0 Å². The Bertz CT molecular complexity index is 1140. The molecule has 76 heavy (non-hydrogen) atoms. The zero-order valence-electron chi connectivity index (χ0n) is 51.8. The van der Waals surface area contributed by atoms with Crippen molar-refractivity contribution in [1.29, 1.82) is 0 Å². The number of carbonyl (C=O) groups is 2. The van der Waals surface area contributed by atoms with Crippen LogP contribution in [-0.2, 0) is 14.3 Å². The molecule has 3 N–H and O–H groups in total. The Morgan fingerprint density at radius 3 is 0.934 bits per heavy atom. The topological polar surface area (TPSA) is 95.9 Å². The van der Waals surface area contributed by atoms with Gasteiger partial charge in [-0.1, -0.05) is 347 Å². The Morgan fingerprint density at radius 1 is 0.355 bits per heavy atom. The number of unbranched alkanes of at least 4 members (excludes halogenated alkanes) is 53. The molecule has 0 saturated carbocycles. The number of amides is 1. The summed E-state index contributed by atoms with van der Waals surface area (Å²) in [6, 6.07) is -0.538. The summed E-state index contributed by atoms with van der Waals surface area (Å²) in [6.45, 7) is 4.99. The maximum atomic E-state index is 12.5. The van der Waals surface area contributed by atoms with Crippen LogP contribution in [0.3, 0.4) is 0 Å². The molecule has 2 atom stereocenters. The number of aliphatic hydroxyl groups is 2. The second kappa shape index (κ2) is 66.1. The molecule has 0 aliphatic rings. The van der Waals surface area contributed by atoms with E-state index < -0.39 is 12.1 Å². The molecular formula is C70H137NO5. The van der Waals surface area contributed by atoms with E-state index in [-0.39, 0.29) is 18.5 Å². The van der Waals surface area contributed by atoms with E-state index in [1.807, 2.05) is 0 Å². The first-order chi connectivity index (χ1) is 37.5. The Morgan fingerprint density at radius 2 is 0.618 bits per heavy atom. The highest BCUT2D eigenvalue weighted by Crippen LogP contribution is 2.19. The van der Waals surface area contributed by atoms with Crippen LogP contribution in [0, 0.1) is 0 Å². The maximum Gasteiger partial charge on any atom is 0.305 e. The van der Waals surface area contributed by atoms with E-state index in [4.69, 9.17) is 4.74 Å². The zero-order valence-corrected chi connectivity index (χ0v) is 51.8. The summed E-state index contributed by atoms with van der Waals surface area (Å²) >= 11 is 0. The molecule has 0 heterocycles. The molecule has 2 unspecified atom stereocenters. The van der Waals surface area contributed by atoms with Gasteiger partial charge >= 0.3 is 5.97 Å². The Labute approximate surface area is 476 Å². The lowest BCUT2D eigenvalue weighted by atomic mass is 10.0. The number of ether oxygens (including phenoxy) is 1. The number of aliphatic hydroxyl groups excluding tert-OH is 2. The molecule has 0 bridgehead atoms. The third kappa shape index (κ3) is 61.8. The summed E-state index contributed by atoms with van der Waals surface area (Å²) in [4.78, 5) is 24.5. The molecular weight excluding hydrogens is 935 g/mol. The maximum absolute atomic E-state index is 12.5. The van der Waals surface area contributed by atoms with E-state index in [0.29, 0.717) is 25.9 Å². The SMILES string of the molecule is CCCCCCCCCCCCCCCCC(O)C(CO)NC(=O)CCCCCCCCCCCCCCCCCC/C=C\CCCCCCCCCCCCCCOC(=O)CCCCCCCCCCCCCCC. The summed E-state index contributed by atoms with van der Waals surface area (Å²) in [5.41, 5.74) is 0. The number of hydrogen-bond acceptors (Lipinski definition) is 5. The fourth-order valence-electron chi connectivity index (χ4n) is 11.2. The second-order valence-corrected chi connectivity index (χ2v) is 24.2. The number of esters is 1. The number of nitrogens with one attached hydrogen (secondary N) is 1. The molecule has 0 aliphatic heterocycles. The van der Waals surface area contributed by atoms with Crippen LogP contribution in [-0.4, -0.2) is 47.4 Å². The van der Waals surface area contributed by atoms with Gasteiger partial charge in [0.1, 0.15) is 0 Å². The highest BCUT2D eigenvalue weighted by atomic mass is 16.5. The van der Waals surface area contributed by atoms with Gasteiger partial charge in [-0.05, 0) is 51.4 Å². The average molecular weight is 1070 g/mol. The van der Waals surface area contributed by atoms with Crippen molar-refractivity contribution in [3.05, 3.63) is 12.2 Å². The van der Waals surface area contributed by atoms with Crippen LogP contribution in [0.25, 0.3) is 0 Å². The van der Waals surface area contributed by atoms with Gasteiger partial charge in [-0.3, -0.25) is 9.59 Å². The van der Waals surface area contributed by atoms with Gasteiger partial charge in [-0.15, -0.1) is 0 Å². The van der Waals surface area contributed by atoms with Crippen LogP contribution in [0.15, 0.2) is 12.2 Å². The van der Waals surface area contributed by atoms with Crippen LogP contribution in [0.5, 0.6) is 0 Å². The lowest BCUT2D eigenvalue weighted by molar-refractivity contribution is -0.143. The number of hydrogen-bond donors (Lipinski definition) is 3. The predicted octanol–water partition coefficient (Wildman–Crippen LogP) is 22.4. The fourth-order valence-corrected chi connectivity index (χ4v) is 11.2. The Kier molecular flexibility index (Phi) is 64.9. The van der Waals surface area contributed by atoms with Crippen molar-refractivity contribution in [2.24, 2.45) is 0 Å². The molecule has 6 heteroatoms. The van der Waals surface area contributed by atoms with Crippen molar-refractivity contribution in [2.75, 3.05) is 13.2 Å². The third-order valence-corrected chi connectivity index (χ3v) is 16.6. The molecule has 0 fully saturated rings. The lowest BCUT2D eigenvalue weighted by Gasteiger charge is -2.22. The van der Waals surface area contributed by atoms with Gasteiger partial charge in [0.15, 0.2) is 0 Å². The van der Waals surface area contributed by atoms with Crippen LogP contribution < -0.4 is 5.32 Å². The predicted molar refractivity (Wildman–Crippen MR) is 333 cm³/mol. The van der Waals surface area contributed by atoms with Crippen molar-refractivity contribution < 1.29 is 24.5 Å². The van der Waals surface area contributed by atoms with Gasteiger partial charge in [-0.25, -0.2) is 0 Å². The van der Waals surface area contributed by atoms with E-state index in [9.17, 15) is 19.8 Å². The largest absolute Gasteiger partial charge is 0.466 e. The molecule has 0 rings (SSSR count). The third-order valence-electron chi connectivity index (χ3n) is 16.6. The quantitative estimate of drug-likeness (QED) is 0.0320. The van der Waals surface area contributed by atoms with Gasteiger partial charge in [-0.2, -0.15) is 0 Å². The van der Waals surface area contributed by atoms with E-state index in [2.05, 4.69) is 31.3 Å². The molecule has 0 aliphatic carbocycles. The van der Waals surface area contributed by atoms with E-state index in [0.717, 1.165) is 38.5 Å². The molecule has 0 aromatic heterocycles. The van der Waals surface area contributed by atoms with Gasteiger partial charge < -0.3 is 20.3 Å². The first-order valence-corrected chi connectivity index (χ1v) is 34.9. The van der Waals surface area contributed by atoms with Gasteiger partial charge in [0.25, 0.3) is 0 Å². The monoisotopic (exact) mass is 1070 g/mol. The van der Waals surface area contributed by atoms with Gasteiger partial charge in [0.05, 0.1) is 25.4 Å². The minimum Gasteiger partial charge on any atom is -0.466 e. The molecule has 0 spiro atoms. The lowest BCUT2D eigenvalue weighted by Crippen LogP contribution is -2.45. The van der Waals surface area contributed by atoms with E-state index in [1.54, 1.807) is 0 Å². The minimum absolute atomic E-state index is 0.0205. The first-order valence-electron chi connectivity index (χ1n) is 34.9. The number of allylic oxidation sites excluding steroid dienone is 2. The summed E-state index contributed by atoms with van der Waals surface area (Å²) in [7, 11) is 0. The summed E-state index contributed by atoms with van der Waals surface area (Å²) < 4.78 is 5.49. The second-order valence-electron chi connectivity index (χ2n) is 24.2. The normalized spacial score (nSPS) is 12.5. The molecule has 1 amide bonds. The highest BCUT2D eigenvalue weighted by Gasteiger charge is 2.20. The first kappa shape index (κ1) is 74.6. The van der Waals surface area contributed by atoms with Crippen molar-refractivity contribution in [3.8, 4) is 0 Å².